The number of rotatable bonds is 4. The number of carbonyl (C=O) groups is 1. The highest BCUT2D eigenvalue weighted by Gasteiger charge is 2.18. The number of methoxy groups -OCH3 is 1. The lowest BCUT2D eigenvalue weighted by Gasteiger charge is -2.22. The third-order valence-electron chi connectivity index (χ3n) is 3.74. The van der Waals surface area contributed by atoms with Crippen LogP contribution in [0.5, 0.6) is 5.75 Å². The molecule has 1 aromatic rings. The maximum atomic E-state index is 12.2. The number of amides is 1. The van der Waals surface area contributed by atoms with Gasteiger partial charge in [-0.1, -0.05) is 37.5 Å². The molecule has 0 spiro atoms. The van der Waals surface area contributed by atoms with E-state index in [9.17, 15) is 10.1 Å². The zero-order chi connectivity index (χ0) is 15.1. The monoisotopic (exact) mass is 284 g/mol. The van der Waals surface area contributed by atoms with Gasteiger partial charge in [0.05, 0.1) is 7.11 Å². The second-order valence-corrected chi connectivity index (χ2v) is 5.22. The number of para-hydroxylation sites is 1. The summed E-state index contributed by atoms with van der Waals surface area (Å²) in [6.45, 7) is 0. The smallest absolute Gasteiger partial charge is 0.262 e. The Morgan fingerprint density at radius 2 is 2.05 bits per heavy atom. The van der Waals surface area contributed by atoms with Gasteiger partial charge in [-0.3, -0.25) is 4.79 Å². The highest BCUT2D eigenvalue weighted by Crippen LogP contribution is 2.21. The summed E-state index contributed by atoms with van der Waals surface area (Å²) < 4.78 is 5.23. The van der Waals surface area contributed by atoms with Crippen LogP contribution in [0.2, 0.25) is 0 Å². The molecular weight excluding hydrogens is 264 g/mol. The second-order valence-electron chi connectivity index (χ2n) is 5.22. The lowest BCUT2D eigenvalue weighted by molar-refractivity contribution is -0.117. The summed E-state index contributed by atoms with van der Waals surface area (Å²) >= 11 is 0. The zero-order valence-electron chi connectivity index (χ0n) is 12.3. The molecule has 2 rings (SSSR count). The van der Waals surface area contributed by atoms with Gasteiger partial charge in [-0.2, -0.15) is 5.26 Å². The molecule has 1 fully saturated rings. The Bertz CT molecular complexity index is 566. The Hall–Kier alpha value is -2.28. The van der Waals surface area contributed by atoms with E-state index < -0.39 is 0 Å². The fraction of sp³-hybridized carbons (Fsp3) is 0.412. The lowest BCUT2D eigenvalue weighted by atomic mass is 9.95. The van der Waals surface area contributed by atoms with Gasteiger partial charge < -0.3 is 10.1 Å². The Labute approximate surface area is 125 Å². The van der Waals surface area contributed by atoms with Crippen molar-refractivity contribution in [3.8, 4) is 11.8 Å². The van der Waals surface area contributed by atoms with E-state index in [1.54, 1.807) is 19.3 Å². The lowest BCUT2D eigenvalue weighted by Crippen LogP contribution is -2.36. The fourth-order valence-corrected chi connectivity index (χ4v) is 2.60. The number of ether oxygens (including phenoxy) is 1. The Kier molecular flexibility index (Phi) is 5.39. The molecule has 1 amide bonds. The van der Waals surface area contributed by atoms with Crippen molar-refractivity contribution in [1.82, 2.24) is 5.32 Å². The summed E-state index contributed by atoms with van der Waals surface area (Å²) in [5.41, 5.74) is 0.848. The fourth-order valence-electron chi connectivity index (χ4n) is 2.60. The van der Waals surface area contributed by atoms with Gasteiger partial charge in [-0.25, -0.2) is 0 Å². The predicted molar refractivity (Wildman–Crippen MR) is 81.6 cm³/mol. The SMILES string of the molecule is COc1ccccc1C=C(C#N)C(=O)NC1CCCCC1. The van der Waals surface area contributed by atoms with E-state index >= 15 is 0 Å². The number of nitrogens with one attached hydrogen (secondary N) is 1. The molecule has 1 aliphatic rings. The third-order valence-corrected chi connectivity index (χ3v) is 3.74. The van der Waals surface area contributed by atoms with Crippen LogP contribution >= 0.6 is 0 Å². The van der Waals surface area contributed by atoms with Crippen molar-refractivity contribution in [3.63, 3.8) is 0 Å². The molecule has 21 heavy (non-hydrogen) atoms. The first-order valence-corrected chi connectivity index (χ1v) is 7.30. The van der Waals surface area contributed by atoms with Gasteiger partial charge in [0, 0.05) is 11.6 Å². The van der Waals surface area contributed by atoms with Gasteiger partial charge in [0.15, 0.2) is 0 Å². The number of carbonyl (C=O) groups excluding carboxylic acids is 1. The summed E-state index contributed by atoms with van der Waals surface area (Å²) in [6, 6.07) is 9.51. The molecule has 0 unspecified atom stereocenters. The molecule has 0 aliphatic heterocycles. The summed E-state index contributed by atoms with van der Waals surface area (Å²) in [5.74, 6) is 0.353. The van der Waals surface area contributed by atoms with Gasteiger partial charge >= 0.3 is 0 Å². The molecular formula is C17H20N2O2. The van der Waals surface area contributed by atoms with Crippen LogP contribution in [0.3, 0.4) is 0 Å². The van der Waals surface area contributed by atoms with E-state index in [0.717, 1.165) is 31.2 Å². The highest BCUT2D eigenvalue weighted by molar-refractivity contribution is 6.02. The molecule has 0 atom stereocenters. The molecule has 4 heteroatoms. The summed E-state index contributed by atoms with van der Waals surface area (Å²) in [4.78, 5) is 12.2. The Morgan fingerprint density at radius 3 is 2.71 bits per heavy atom. The highest BCUT2D eigenvalue weighted by atomic mass is 16.5. The largest absolute Gasteiger partial charge is 0.496 e. The molecule has 1 aromatic carbocycles. The molecule has 1 saturated carbocycles. The van der Waals surface area contributed by atoms with Crippen molar-refractivity contribution in [2.45, 2.75) is 38.1 Å². The molecule has 110 valence electrons. The molecule has 1 aliphatic carbocycles. The maximum absolute atomic E-state index is 12.2. The van der Waals surface area contributed by atoms with Crippen molar-refractivity contribution in [2.75, 3.05) is 7.11 Å². The Morgan fingerprint density at radius 1 is 1.33 bits per heavy atom. The van der Waals surface area contributed by atoms with Crippen LogP contribution in [-0.2, 0) is 4.79 Å². The average Bonchev–Trinajstić information content (AvgIpc) is 2.53. The van der Waals surface area contributed by atoms with E-state index in [0.29, 0.717) is 5.75 Å². The number of benzene rings is 1. The van der Waals surface area contributed by atoms with Crippen LogP contribution in [0.25, 0.3) is 6.08 Å². The summed E-state index contributed by atoms with van der Waals surface area (Å²) in [6.07, 6.45) is 7.09. The van der Waals surface area contributed by atoms with Gasteiger partial charge in [0.2, 0.25) is 0 Å². The molecule has 0 saturated heterocycles. The molecule has 0 aromatic heterocycles. The standard InChI is InChI=1S/C17H20N2O2/c1-21-16-10-6-5-7-13(16)11-14(12-18)17(20)19-15-8-3-2-4-9-15/h5-7,10-11,15H,2-4,8-9H2,1H3,(H,19,20). The van der Waals surface area contributed by atoms with Crippen LogP contribution in [0.15, 0.2) is 29.8 Å². The minimum absolute atomic E-state index is 0.116. The first kappa shape index (κ1) is 15.1. The van der Waals surface area contributed by atoms with E-state index in [1.807, 2.05) is 24.3 Å². The van der Waals surface area contributed by atoms with Crippen molar-refractivity contribution in [3.05, 3.63) is 35.4 Å². The topological polar surface area (TPSA) is 62.1 Å². The van der Waals surface area contributed by atoms with E-state index in [-0.39, 0.29) is 17.5 Å². The van der Waals surface area contributed by atoms with Crippen LogP contribution in [0.4, 0.5) is 0 Å². The van der Waals surface area contributed by atoms with E-state index in [4.69, 9.17) is 4.74 Å². The van der Waals surface area contributed by atoms with Gasteiger partial charge in [-0.15, -0.1) is 0 Å². The first-order valence-electron chi connectivity index (χ1n) is 7.30. The van der Waals surface area contributed by atoms with Gasteiger partial charge in [0.1, 0.15) is 17.4 Å². The van der Waals surface area contributed by atoms with Gasteiger partial charge in [-0.05, 0) is 25.0 Å². The van der Waals surface area contributed by atoms with Gasteiger partial charge in [0.25, 0.3) is 5.91 Å². The molecule has 0 radical (unpaired) electrons. The average molecular weight is 284 g/mol. The van der Waals surface area contributed by atoms with Crippen LogP contribution in [0.1, 0.15) is 37.7 Å². The quantitative estimate of drug-likeness (QED) is 0.682. The van der Waals surface area contributed by atoms with Crippen molar-refractivity contribution >= 4 is 12.0 Å². The van der Waals surface area contributed by atoms with E-state index in [1.165, 1.54) is 6.42 Å². The number of nitrogens with zero attached hydrogens (tertiary/aromatic N) is 1. The van der Waals surface area contributed by atoms with Crippen LogP contribution in [0, 0.1) is 11.3 Å². The zero-order valence-corrected chi connectivity index (χ0v) is 12.3. The second kappa shape index (κ2) is 7.49. The minimum Gasteiger partial charge on any atom is -0.496 e. The summed E-state index contributed by atoms with van der Waals surface area (Å²) in [5, 5.41) is 12.2. The number of nitriles is 1. The predicted octanol–water partition coefficient (Wildman–Crippen LogP) is 3.05. The number of hydrogen-bond acceptors (Lipinski definition) is 3. The van der Waals surface area contributed by atoms with Crippen LogP contribution in [-0.4, -0.2) is 19.1 Å². The summed E-state index contributed by atoms with van der Waals surface area (Å²) in [7, 11) is 1.57. The van der Waals surface area contributed by atoms with Crippen LogP contribution < -0.4 is 10.1 Å². The molecule has 0 heterocycles. The minimum atomic E-state index is -0.296. The number of hydrogen-bond donors (Lipinski definition) is 1. The van der Waals surface area contributed by atoms with E-state index in [2.05, 4.69) is 5.32 Å². The van der Waals surface area contributed by atoms with Crippen molar-refractivity contribution in [1.29, 1.82) is 5.26 Å². The molecule has 4 nitrogen and oxygen atoms in total. The van der Waals surface area contributed by atoms with Crippen molar-refractivity contribution in [2.24, 2.45) is 0 Å². The molecule has 0 bridgehead atoms. The third kappa shape index (κ3) is 4.09. The first-order chi connectivity index (χ1) is 10.2. The Balaban J connectivity index is 2.12. The maximum Gasteiger partial charge on any atom is 0.262 e. The normalized spacial score (nSPS) is 16.1. The molecule has 1 N–H and O–H groups in total. The van der Waals surface area contributed by atoms with Crippen molar-refractivity contribution < 1.29 is 9.53 Å².